The normalized spacial score (nSPS) is 10.5. The highest BCUT2D eigenvalue weighted by atomic mass is 35.5. The number of carboxylic acids is 1. The Labute approximate surface area is 507 Å². The lowest BCUT2D eigenvalue weighted by molar-refractivity contribution is 0.0592. The molecule has 0 radical (unpaired) electrons. The summed E-state index contributed by atoms with van der Waals surface area (Å²) in [5, 5.41) is 34.9. The third-order valence-electron chi connectivity index (χ3n) is 12.8. The topological polar surface area (TPSA) is 238 Å². The molecular weight excluding hydrogens is 1160 g/mol. The summed E-state index contributed by atoms with van der Waals surface area (Å²) in [6, 6.07) is 33.3. The molecule has 6 aromatic carbocycles. The molecule has 0 aliphatic carbocycles. The van der Waals surface area contributed by atoms with Crippen LogP contribution in [0.3, 0.4) is 0 Å². The van der Waals surface area contributed by atoms with Crippen molar-refractivity contribution in [2.24, 2.45) is 0 Å². The van der Waals surface area contributed by atoms with E-state index < -0.39 is 36.7 Å². The number of carbonyl (C=O) groups excluding carboxylic acids is 2. The average Bonchev–Trinajstić information content (AvgIpc) is 2.42. The van der Waals surface area contributed by atoms with Gasteiger partial charge in [0.25, 0.3) is 0 Å². The molecule has 0 bridgehead atoms. The molecule has 4 N–H and O–H groups in total. The molecule has 0 atom stereocenters. The second kappa shape index (κ2) is 31.6. The van der Waals surface area contributed by atoms with Gasteiger partial charge in [0.05, 0.1) is 64.0 Å². The van der Waals surface area contributed by atoms with Crippen LogP contribution in [0.2, 0.25) is 15.2 Å². The van der Waals surface area contributed by atoms with E-state index in [-0.39, 0.29) is 36.6 Å². The molecular formula is C61H67BCl3F2N9O9. The van der Waals surface area contributed by atoms with Gasteiger partial charge in [-0.3, -0.25) is 0 Å². The number of carboxylic acid groups (broad SMARTS) is 1. The Morgan fingerprint density at radius 3 is 1.19 bits per heavy atom. The van der Waals surface area contributed by atoms with Gasteiger partial charge in [0.2, 0.25) is 0 Å². The van der Waals surface area contributed by atoms with Crippen molar-refractivity contribution < 1.29 is 52.9 Å². The molecule has 3 aromatic heterocycles. The van der Waals surface area contributed by atoms with Gasteiger partial charge in [0.1, 0.15) is 11.4 Å². The zero-order valence-electron chi connectivity index (χ0n) is 48.1. The van der Waals surface area contributed by atoms with Crippen LogP contribution in [0, 0.1) is 11.6 Å². The number of fused-ring (bicyclic) bond motifs is 3. The fraction of sp³-hybridized carbons (Fsp3) is 0.262. The van der Waals surface area contributed by atoms with E-state index in [0.29, 0.717) is 71.1 Å². The molecule has 18 nitrogen and oxygen atoms in total. The lowest BCUT2D eigenvalue weighted by atomic mass is 9.80. The van der Waals surface area contributed by atoms with Crippen molar-refractivity contribution in [3.8, 4) is 22.5 Å². The number of aliphatic hydroxyl groups is 1. The lowest BCUT2D eigenvalue weighted by Gasteiger charge is -2.25. The summed E-state index contributed by atoms with van der Waals surface area (Å²) >= 11 is 18.2. The number of nitrogens with zero attached hydrogens (tertiary/aromatic N) is 9. The second-order valence-electron chi connectivity index (χ2n) is 19.2. The fourth-order valence-electron chi connectivity index (χ4n) is 7.46. The van der Waals surface area contributed by atoms with Gasteiger partial charge in [0.15, 0.2) is 34.2 Å². The molecule has 24 heteroatoms. The van der Waals surface area contributed by atoms with Gasteiger partial charge in [-0.2, -0.15) is 0 Å². The van der Waals surface area contributed by atoms with E-state index in [1.807, 2.05) is 93.3 Å². The Bertz CT molecular complexity index is 3760. The predicted octanol–water partition coefficient (Wildman–Crippen LogP) is 11.9. The maximum absolute atomic E-state index is 12.3. The van der Waals surface area contributed by atoms with Gasteiger partial charge >= 0.3 is 25.0 Å². The predicted molar refractivity (Wildman–Crippen MR) is 336 cm³/mol. The maximum atomic E-state index is 12.3. The largest absolute Gasteiger partial charge is 0.488 e. The van der Waals surface area contributed by atoms with Gasteiger partial charge in [0, 0.05) is 67.6 Å². The molecule has 9 rings (SSSR count). The number of anilines is 3. The summed E-state index contributed by atoms with van der Waals surface area (Å²) < 4.78 is 34.1. The molecule has 9 aromatic rings. The second-order valence-corrected chi connectivity index (χ2v) is 20.4. The molecule has 0 aliphatic rings. The monoisotopic (exact) mass is 1220 g/mol. The van der Waals surface area contributed by atoms with Crippen LogP contribution < -0.4 is 20.2 Å². The van der Waals surface area contributed by atoms with Crippen molar-refractivity contribution in [3.05, 3.63) is 165 Å². The number of aromatic carboxylic acids is 1. The number of halogens is 5. The summed E-state index contributed by atoms with van der Waals surface area (Å²) in [6.07, 6.45) is 0. The van der Waals surface area contributed by atoms with Crippen LogP contribution in [-0.2, 0) is 9.47 Å². The average molecular weight is 1230 g/mol. The van der Waals surface area contributed by atoms with Crippen LogP contribution in [0.5, 0.6) is 0 Å². The number of rotatable bonds is 12. The number of esters is 2. The van der Waals surface area contributed by atoms with E-state index in [9.17, 15) is 28.3 Å². The lowest BCUT2D eigenvalue weighted by Crippen LogP contribution is -2.30. The van der Waals surface area contributed by atoms with Gasteiger partial charge in [-0.05, 0) is 138 Å². The molecule has 3 heterocycles. The van der Waals surface area contributed by atoms with E-state index in [0.717, 1.165) is 53.6 Å². The molecule has 85 heavy (non-hydrogen) atoms. The summed E-state index contributed by atoms with van der Waals surface area (Å²) in [7, 11) is 7.77. The molecule has 0 aliphatic heterocycles. The first-order valence-corrected chi connectivity index (χ1v) is 26.9. The van der Waals surface area contributed by atoms with Crippen molar-refractivity contribution in [1.82, 2.24) is 29.9 Å². The Hall–Kier alpha value is -8.18. The molecule has 0 amide bonds. The quantitative estimate of drug-likeness (QED) is 0.0657. The van der Waals surface area contributed by atoms with Crippen molar-refractivity contribution >= 4 is 116 Å². The highest BCUT2D eigenvalue weighted by molar-refractivity contribution is 6.58. The smallest absolute Gasteiger partial charge is 0.478 e. The minimum absolute atomic E-state index is 0. The van der Waals surface area contributed by atoms with Crippen LogP contribution in [0.4, 0.5) is 26.2 Å². The zero-order chi connectivity index (χ0) is 62.3. The Morgan fingerprint density at radius 1 is 0.482 bits per heavy atom. The maximum Gasteiger partial charge on any atom is 0.488 e. The number of aliphatic hydroxyl groups excluding tert-OH is 1. The van der Waals surface area contributed by atoms with Crippen molar-refractivity contribution in [2.75, 3.05) is 57.2 Å². The first-order valence-electron chi connectivity index (χ1n) is 25.8. The molecule has 448 valence electrons. The number of ether oxygens (including phenoxy) is 2. The zero-order valence-corrected chi connectivity index (χ0v) is 50.4. The molecule has 0 saturated heterocycles. The SMILES string of the molecule is C.CC(C)N(C)c1nc2cc(C(=O)O)ccc2nc1-c1ccc(Cl)cc1.CO.COC(=O)c1ccc2nc(-c3ccc(Cl)cc3)c(N(C)C(C)C)nc2c1.COC(=O)c1ccc2nc(Cl)c(N(C)C(C)C)nc2c1.OB(O)c1ccc(F)c(F)c1. The van der Waals surface area contributed by atoms with Gasteiger partial charge in [-0.15, -0.1) is 0 Å². The highest BCUT2D eigenvalue weighted by Crippen LogP contribution is 2.33. The number of methoxy groups -OCH3 is 2. The summed E-state index contributed by atoms with van der Waals surface area (Å²) in [5.74, 6) is -1.83. The van der Waals surface area contributed by atoms with Crippen molar-refractivity contribution in [1.29, 1.82) is 0 Å². The minimum atomic E-state index is -1.76. The molecule has 0 unspecified atom stereocenters. The van der Waals surface area contributed by atoms with Crippen LogP contribution >= 0.6 is 34.8 Å². The number of carbonyl (C=O) groups is 3. The first-order chi connectivity index (χ1) is 39.8. The van der Waals surface area contributed by atoms with Crippen LogP contribution in [0.1, 0.15) is 80.0 Å². The first kappa shape index (κ1) is 69.3. The molecule has 0 saturated carbocycles. The van der Waals surface area contributed by atoms with Crippen LogP contribution in [0.25, 0.3) is 55.6 Å². The Kier molecular flexibility index (Phi) is 25.8. The van der Waals surface area contributed by atoms with E-state index in [1.54, 1.807) is 48.5 Å². The number of hydrogen-bond donors (Lipinski definition) is 4. The highest BCUT2D eigenvalue weighted by Gasteiger charge is 2.21. The summed E-state index contributed by atoms with van der Waals surface area (Å²) in [4.78, 5) is 68.4. The van der Waals surface area contributed by atoms with Crippen LogP contribution in [-0.4, -0.2) is 136 Å². The van der Waals surface area contributed by atoms with Crippen molar-refractivity contribution in [2.45, 2.75) is 67.1 Å². The van der Waals surface area contributed by atoms with E-state index >= 15 is 0 Å². The van der Waals surface area contributed by atoms with E-state index in [4.69, 9.17) is 79.4 Å². The molecule has 0 spiro atoms. The number of benzene rings is 6. The third-order valence-corrected chi connectivity index (χ3v) is 13.5. The molecule has 0 fully saturated rings. The van der Waals surface area contributed by atoms with Crippen molar-refractivity contribution in [3.63, 3.8) is 0 Å². The van der Waals surface area contributed by atoms with E-state index in [2.05, 4.69) is 42.6 Å². The standard InChI is InChI=1S/C20H20ClN3O2.C19H18ClN3O2.C14H16ClN3O2.C6H5BF2O2.CH4O.CH4/c1-12(2)24(3)19-18(13-5-8-15(21)9-6-13)22-16-10-7-14(20(25)26-4)11-17(16)23-19;1-11(2)23(3)18-17(12-4-7-14(20)8-5-12)21-15-9-6-13(19(24)25)10-16(15)22-18;1-8(2)18(3)13-12(15)16-10-6-5-9(14(19)20-4)7-11(10)17-13;8-5-2-1-4(7(10)11)3-6(5)9;1-2;/h5-12H,1-4H3;4-11H,1-3H3,(H,24,25);5-8H,1-4H3;1-3,10-11H;2H,1H3;1H4. The number of hydrogen-bond acceptors (Lipinski definition) is 17. The summed E-state index contributed by atoms with van der Waals surface area (Å²) in [6.45, 7) is 12.4. The van der Waals surface area contributed by atoms with Crippen LogP contribution in [0.15, 0.2) is 121 Å². The third kappa shape index (κ3) is 17.9. The van der Waals surface area contributed by atoms with Gasteiger partial charge < -0.3 is 44.4 Å². The number of aromatic nitrogens is 6. The van der Waals surface area contributed by atoms with Gasteiger partial charge in [-0.1, -0.05) is 72.6 Å². The van der Waals surface area contributed by atoms with Gasteiger partial charge in [-0.25, -0.2) is 53.1 Å². The fourth-order valence-corrected chi connectivity index (χ4v) is 7.98. The Morgan fingerprint density at radius 2 is 0.835 bits per heavy atom. The minimum Gasteiger partial charge on any atom is -0.478 e. The Balaban J connectivity index is 0.000000248. The van der Waals surface area contributed by atoms with E-state index in [1.165, 1.54) is 20.3 Å². The summed E-state index contributed by atoms with van der Waals surface area (Å²) in [5.41, 5.74) is 8.19.